The topological polar surface area (TPSA) is 33.0 Å². The van der Waals surface area contributed by atoms with Gasteiger partial charge in [0.2, 0.25) is 0 Å². The monoisotopic (exact) mass is 251 g/mol. The summed E-state index contributed by atoms with van der Waals surface area (Å²) in [6, 6.07) is 8.15. The van der Waals surface area contributed by atoms with Crippen LogP contribution in [0, 0.1) is 16.7 Å². The van der Waals surface area contributed by atoms with Crippen molar-refractivity contribution >= 4 is 11.6 Å². The first-order valence-corrected chi connectivity index (χ1v) is 6.22. The van der Waals surface area contributed by atoms with Crippen LogP contribution < -0.4 is 4.74 Å². The van der Waals surface area contributed by atoms with Crippen LogP contribution in [0.15, 0.2) is 18.2 Å². The summed E-state index contributed by atoms with van der Waals surface area (Å²) in [5, 5.41) is 9.90. The van der Waals surface area contributed by atoms with E-state index in [1.54, 1.807) is 7.11 Å². The van der Waals surface area contributed by atoms with Gasteiger partial charge in [0, 0.05) is 0 Å². The van der Waals surface area contributed by atoms with Crippen LogP contribution in [0.25, 0.3) is 0 Å². The average molecular weight is 252 g/mol. The zero-order valence-corrected chi connectivity index (χ0v) is 11.3. The van der Waals surface area contributed by atoms with E-state index in [0.717, 1.165) is 24.8 Å². The fourth-order valence-electron chi connectivity index (χ4n) is 1.91. The molecule has 0 spiro atoms. The molecule has 1 rings (SSSR count). The van der Waals surface area contributed by atoms with Gasteiger partial charge in [0.25, 0.3) is 0 Å². The van der Waals surface area contributed by atoms with Crippen molar-refractivity contribution in [2.45, 2.75) is 33.1 Å². The Morgan fingerprint density at radius 1 is 1.35 bits per heavy atom. The van der Waals surface area contributed by atoms with Gasteiger partial charge in [0.1, 0.15) is 5.75 Å². The maximum atomic E-state index is 9.30. The molecule has 0 aliphatic carbocycles. The van der Waals surface area contributed by atoms with Crippen molar-refractivity contribution in [3.8, 4) is 11.8 Å². The van der Waals surface area contributed by atoms with Gasteiger partial charge >= 0.3 is 0 Å². The van der Waals surface area contributed by atoms with E-state index in [0.29, 0.717) is 10.8 Å². The summed E-state index contributed by atoms with van der Waals surface area (Å²) in [5.74, 6) is 0.672. The third kappa shape index (κ3) is 3.14. The van der Waals surface area contributed by atoms with Gasteiger partial charge in [-0.15, -0.1) is 0 Å². The first-order chi connectivity index (χ1) is 8.10. The fourth-order valence-corrected chi connectivity index (χ4v) is 2.19. The first kappa shape index (κ1) is 13.9. The van der Waals surface area contributed by atoms with Crippen molar-refractivity contribution in [1.29, 1.82) is 5.26 Å². The van der Waals surface area contributed by atoms with Gasteiger partial charge in [-0.3, -0.25) is 0 Å². The van der Waals surface area contributed by atoms with Crippen molar-refractivity contribution < 1.29 is 4.74 Å². The second-order valence-corrected chi connectivity index (χ2v) is 4.65. The maximum Gasteiger partial charge on any atom is 0.137 e. The molecule has 92 valence electrons. The first-order valence-electron chi connectivity index (χ1n) is 5.84. The van der Waals surface area contributed by atoms with Crippen molar-refractivity contribution in [3.05, 3.63) is 28.8 Å². The summed E-state index contributed by atoms with van der Waals surface area (Å²) < 4.78 is 5.11. The van der Waals surface area contributed by atoms with Crippen LogP contribution >= 0.6 is 11.6 Å². The summed E-state index contributed by atoms with van der Waals surface area (Å²) in [6.45, 7) is 4.11. The molecule has 0 aliphatic heterocycles. The number of benzene rings is 1. The van der Waals surface area contributed by atoms with Crippen LogP contribution in [0.4, 0.5) is 0 Å². The number of rotatable bonds is 5. The zero-order valence-electron chi connectivity index (χ0n) is 10.6. The molecule has 0 amide bonds. The molecule has 17 heavy (non-hydrogen) atoms. The molecular weight excluding hydrogens is 234 g/mol. The minimum atomic E-state index is -0.280. The molecule has 0 saturated carbocycles. The second kappa shape index (κ2) is 5.93. The van der Waals surface area contributed by atoms with E-state index >= 15 is 0 Å². The Morgan fingerprint density at radius 2 is 2.00 bits per heavy atom. The summed E-state index contributed by atoms with van der Waals surface area (Å²) in [7, 11) is 1.60. The number of nitrogens with zero attached hydrogens (tertiary/aromatic N) is 1. The largest absolute Gasteiger partial charge is 0.495 e. The van der Waals surface area contributed by atoms with Gasteiger partial charge in [-0.1, -0.05) is 31.5 Å². The van der Waals surface area contributed by atoms with Gasteiger partial charge in [-0.25, -0.2) is 0 Å². The van der Waals surface area contributed by atoms with Crippen molar-refractivity contribution in [2.24, 2.45) is 5.41 Å². The molecule has 0 fully saturated rings. The zero-order chi connectivity index (χ0) is 12.9. The minimum Gasteiger partial charge on any atom is -0.495 e. The fraction of sp³-hybridized carbons (Fsp3) is 0.500. The maximum absolute atomic E-state index is 9.30. The number of ether oxygens (including phenoxy) is 1. The summed E-state index contributed by atoms with van der Waals surface area (Å²) in [4.78, 5) is 0. The standard InChI is InChI=1S/C14H18ClNO/c1-4-14(5-2,10-16)9-11-6-7-13(17-3)12(15)8-11/h6-8H,4-5,9H2,1-3H3. The van der Waals surface area contributed by atoms with Gasteiger partial charge in [-0.05, 0) is 37.0 Å². The van der Waals surface area contributed by atoms with Crippen molar-refractivity contribution in [1.82, 2.24) is 0 Å². The van der Waals surface area contributed by atoms with E-state index < -0.39 is 0 Å². The Labute approximate surface area is 108 Å². The lowest BCUT2D eigenvalue weighted by atomic mass is 9.78. The summed E-state index contributed by atoms with van der Waals surface area (Å²) in [6.07, 6.45) is 2.44. The van der Waals surface area contributed by atoms with Crippen LogP contribution in [0.1, 0.15) is 32.3 Å². The number of methoxy groups -OCH3 is 1. The summed E-state index contributed by atoms with van der Waals surface area (Å²) >= 11 is 6.08. The molecule has 0 heterocycles. The van der Waals surface area contributed by atoms with E-state index in [-0.39, 0.29) is 5.41 Å². The number of nitriles is 1. The second-order valence-electron chi connectivity index (χ2n) is 4.24. The quantitative estimate of drug-likeness (QED) is 0.785. The average Bonchev–Trinajstić information content (AvgIpc) is 2.36. The highest BCUT2D eigenvalue weighted by Gasteiger charge is 2.26. The van der Waals surface area contributed by atoms with E-state index in [2.05, 4.69) is 19.9 Å². The van der Waals surface area contributed by atoms with Gasteiger partial charge < -0.3 is 4.74 Å². The van der Waals surface area contributed by atoms with Crippen LogP contribution in [0.3, 0.4) is 0 Å². The lowest BCUT2D eigenvalue weighted by Gasteiger charge is -2.23. The molecule has 0 unspecified atom stereocenters. The highest BCUT2D eigenvalue weighted by atomic mass is 35.5. The predicted molar refractivity (Wildman–Crippen MR) is 70.3 cm³/mol. The predicted octanol–water partition coefficient (Wildman–Crippen LogP) is 4.22. The Kier molecular flexibility index (Phi) is 4.84. The van der Waals surface area contributed by atoms with E-state index in [1.165, 1.54) is 0 Å². The van der Waals surface area contributed by atoms with Crippen LogP contribution in [-0.4, -0.2) is 7.11 Å². The SMILES string of the molecule is CCC(C#N)(CC)Cc1ccc(OC)c(Cl)c1. The number of hydrogen-bond acceptors (Lipinski definition) is 2. The smallest absolute Gasteiger partial charge is 0.137 e. The molecule has 3 heteroatoms. The number of halogens is 1. The van der Waals surface area contributed by atoms with E-state index in [9.17, 15) is 5.26 Å². The Balaban J connectivity index is 2.96. The van der Waals surface area contributed by atoms with Gasteiger partial charge in [0.05, 0.1) is 23.6 Å². The molecule has 0 aromatic heterocycles. The molecule has 0 bridgehead atoms. The molecular formula is C14H18ClNO. The third-order valence-electron chi connectivity index (χ3n) is 3.35. The molecule has 0 aliphatic rings. The highest BCUT2D eigenvalue weighted by Crippen LogP contribution is 2.33. The Bertz CT molecular complexity index is 419. The molecule has 1 aromatic carbocycles. The highest BCUT2D eigenvalue weighted by molar-refractivity contribution is 6.32. The van der Waals surface area contributed by atoms with Crippen LogP contribution in [0.2, 0.25) is 5.02 Å². The van der Waals surface area contributed by atoms with Crippen molar-refractivity contribution in [3.63, 3.8) is 0 Å². The molecule has 0 atom stereocenters. The minimum absolute atomic E-state index is 0.280. The molecule has 2 nitrogen and oxygen atoms in total. The van der Waals surface area contributed by atoms with Gasteiger partial charge in [-0.2, -0.15) is 5.26 Å². The molecule has 1 aromatic rings. The van der Waals surface area contributed by atoms with Crippen LogP contribution in [-0.2, 0) is 6.42 Å². The normalized spacial score (nSPS) is 11.0. The molecule has 0 saturated heterocycles. The lowest BCUT2D eigenvalue weighted by molar-refractivity contribution is 0.363. The third-order valence-corrected chi connectivity index (χ3v) is 3.64. The van der Waals surface area contributed by atoms with Gasteiger partial charge in [0.15, 0.2) is 0 Å². The lowest BCUT2D eigenvalue weighted by Crippen LogP contribution is -2.19. The van der Waals surface area contributed by atoms with Crippen LogP contribution in [0.5, 0.6) is 5.75 Å². The number of hydrogen-bond donors (Lipinski definition) is 0. The van der Waals surface area contributed by atoms with E-state index in [1.807, 2.05) is 18.2 Å². The Morgan fingerprint density at radius 3 is 2.41 bits per heavy atom. The van der Waals surface area contributed by atoms with Crippen molar-refractivity contribution in [2.75, 3.05) is 7.11 Å². The Hall–Kier alpha value is -1.20. The van der Waals surface area contributed by atoms with E-state index in [4.69, 9.17) is 16.3 Å². The molecule has 0 radical (unpaired) electrons. The molecule has 0 N–H and O–H groups in total. The summed E-state index contributed by atoms with van der Waals surface area (Å²) in [5.41, 5.74) is 0.804.